The summed E-state index contributed by atoms with van der Waals surface area (Å²) in [7, 11) is 0. The molecule has 0 saturated heterocycles. The SMILES string of the molecule is CC(=O)Nc1cnc2ccc([N+](=O)[O-])cc2c1-c1ccccc1. The Morgan fingerprint density at radius 1 is 1.17 bits per heavy atom. The third-order valence-electron chi connectivity index (χ3n) is 3.44. The quantitative estimate of drug-likeness (QED) is 0.589. The van der Waals surface area contributed by atoms with Gasteiger partial charge in [0.1, 0.15) is 0 Å². The number of carbonyl (C=O) groups is 1. The third kappa shape index (κ3) is 2.87. The molecule has 0 bridgehead atoms. The number of rotatable bonds is 3. The number of carbonyl (C=O) groups excluding carboxylic acids is 1. The van der Waals surface area contributed by atoms with Gasteiger partial charge in [-0.1, -0.05) is 30.3 Å². The van der Waals surface area contributed by atoms with Crippen LogP contribution in [0, 0.1) is 10.1 Å². The summed E-state index contributed by atoms with van der Waals surface area (Å²) < 4.78 is 0. The van der Waals surface area contributed by atoms with E-state index in [0.29, 0.717) is 16.6 Å². The van der Waals surface area contributed by atoms with Crippen molar-refractivity contribution in [2.24, 2.45) is 0 Å². The molecule has 23 heavy (non-hydrogen) atoms. The zero-order chi connectivity index (χ0) is 16.4. The van der Waals surface area contributed by atoms with E-state index in [9.17, 15) is 14.9 Å². The summed E-state index contributed by atoms with van der Waals surface area (Å²) in [5.41, 5.74) is 2.70. The van der Waals surface area contributed by atoms with Gasteiger partial charge in [-0.15, -0.1) is 0 Å². The Balaban J connectivity index is 2.35. The Kier molecular flexibility index (Phi) is 3.72. The molecule has 6 heteroatoms. The molecule has 3 rings (SSSR count). The highest BCUT2D eigenvalue weighted by Crippen LogP contribution is 2.35. The minimum atomic E-state index is -0.445. The van der Waals surface area contributed by atoms with Gasteiger partial charge in [0.25, 0.3) is 5.69 Å². The van der Waals surface area contributed by atoms with Gasteiger partial charge < -0.3 is 5.32 Å². The Bertz CT molecular complexity index is 908. The summed E-state index contributed by atoms with van der Waals surface area (Å²) in [4.78, 5) is 26.4. The van der Waals surface area contributed by atoms with Crippen molar-refractivity contribution in [2.75, 3.05) is 5.32 Å². The zero-order valence-corrected chi connectivity index (χ0v) is 12.3. The Labute approximate surface area is 131 Å². The van der Waals surface area contributed by atoms with Gasteiger partial charge in [0.2, 0.25) is 5.91 Å². The van der Waals surface area contributed by atoms with Crippen molar-refractivity contribution in [1.82, 2.24) is 4.98 Å². The first-order chi connectivity index (χ1) is 11.1. The summed E-state index contributed by atoms with van der Waals surface area (Å²) in [6.45, 7) is 1.41. The minimum absolute atomic E-state index is 0.0172. The number of amides is 1. The third-order valence-corrected chi connectivity index (χ3v) is 3.44. The van der Waals surface area contributed by atoms with E-state index in [0.717, 1.165) is 11.1 Å². The molecular formula is C17H13N3O3. The number of aromatic nitrogens is 1. The Morgan fingerprint density at radius 3 is 2.57 bits per heavy atom. The lowest BCUT2D eigenvalue weighted by Gasteiger charge is -2.13. The molecule has 3 aromatic rings. The van der Waals surface area contributed by atoms with Gasteiger partial charge in [0.15, 0.2) is 0 Å². The van der Waals surface area contributed by atoms with Crippen molar-refractivity contribution in [2.45, 2.75) is 6.92 Å². The molecule has 1 N–H and O–H groups in total. The Morgan fingerprint density at radius 2 is 1.91 bits per heavy atom. The molecule has 6 nitrogen and oxygen atoms in total. The molecule has 114 valence electrons. The van der Waals surface area contributed by atoms with Gasteiger partial charge in [0, 0.05) is 30.0 Å². The van der Waals surface area contributed by atoms with Crippen LogP contribution >= 0.6 is 0 Å². The summed E-state index contributed by atoms with van der Waals surface area (Å²) in [5.74, 6) is -0.228. The summed E-state index contributed by atoms with van der Waals surface area (Å²) in [6, 6.07) is 13.9. The van der Waals surface area contributed by atoms with E-state index in [2.05, 4.69) is 10.3 Å². The minimum Gasteiger partial charge on any atom is -0.324 e. The number of nitrogens with zero attached hydrogens (tertiary/aromatic N) is 2. The molecule has 0 fully saturated rings. The van der Waals surface area contributed by atoms with E-state index >= 15 is 0 Å². The van der Waals surface area contributed by atoms with Crippen LogP contribution in [-0.2, 0) is 4.79 Å². The van der Waals surface area contributed by atoms with Crippen LogP contribution in [0.3, 0.4) is 0 Å². The first-order valence-corrected chi connectivity index (χ1v) is 6.96. The second-order valence-corrected chi connectivity index (χ2v) is 5.05. The molecule has 1 amide bonds. The second-order valence-electron chi connectivity index (χ2n) is 5.05. The van der Waals surface area contributed by atoms with E-state index < -0.39 is 4.92 Å². The fraction of sp³-hybridized carbons (Fsp3) is 0.0588. The maximum absolute atomic E-state index is 11.5. The summed E-state index contributed by atoms with van der Waals surface area (Å²) in [5, 5.41) is 14.4. The first-order valence-electron chi connectivity index (χ1n) is 6.96. The van der Waals surface area contributed by atoms with Crippen molar-refractivity contribution in [3.63, 3.8) is 0 Å². The van der Waals surface area contributed by atoms with Crippen LogP contribution < -0.4 is 5.32 Å². The normalized spacial score (nSPS) is 10.5. The first kappa shape index (κ1) is 14.6. The maximum Gasteiger partial charge on any atom is 0.270 e. The number of nitrogens with one attached hydrogen (secondary N) is 1. The van der Waals surface area contributed by atoms with Crippen molar-refractivity contribution in [1.29, 1.82) is 0 Å². The highest BCUT2D eigenvalue weighted by Gasteiger charge is 2.15. The molecule has 1 heterocycles. The van der Waals surface area contributed by atoms with E-state index in [1.807, 2.05) is 30.3 Å². The molecular weight excluding hydrogens is 294 g/mol. The molecule has 0 unspecified atom stereocenters. The number of hydrogen-bond acceptors (Lipinski definition) is 4. The molecule has 0 aliphatic rings. The number of pyridine rings is 1. The topological polar surface area (TPSA) is 85.1 Å². The summed E-state index contributed by atoms with van der Waals surface area (Å²) >= 11 is 0. The van der Waals surface area contributed by atoms with Gasteiger partial charge in [-0.05, 0) is 11.6 Å². The van der Waals surface area contributed by atoms with Crippen LogP contribution in [0.15, 0.2) is 54.7 Å². The zero-order valence-electron chi connectivity index (χ0n) is 12.3. The molecule has 0 radical (unpaired) electrons. The molecule has 0 aliphatic heterocycles. The van der Waals surface area contributed by atoms with Crippen molar-refractivity contribution in [3.05, 3.63) is 64.8 Å². The predicted molar refractivity (Wildman–Crippen MR) is 88.1 cm³/mol. The number of nitro groups is 1. The highest BCUT2D eigenvalue weighted by molar-refractivity contribution is 6.05. The molecule has 0 aliphatic carbocycles. The van der Waals surface area contributed by atoms with Crippen molar-refractivity contribution >= 4 is 28.2 Å². The maximum atomic E-state index is 11.5. The molecule has 2 aromatic carbocycles. The number of anilines is 1. The predicted octanol–water partition coefficient (Wildman–Crippen LogP) is 3.77. The number of fused-ring (bicyclic) bond motifs is 1. The lowest BCUT2D eigenvalue weighted by Crippen LogP contribution is -2.07. The Hall–Kier alpha value is -3.28. The van der Waals surface area contributed by atoms with Crippen LogP contribution in [-0.4, -0.2) is 15.8 Å². The van der Waals surface area contributed by atoms with Gasteiger partial charge in [0.05, 0.1) is 22.3 Å². The molecule has 0 spiro atoms. The second kappa shape index (κ2) is 5.84. The number of nitro benzene ring substituents is 1. The molecule has 1 aromatic heterocycles. The lowest BCUT2D eigenvalue weighted by atomic mass is 9.99. The van der Waals surface area contributed by atoms with Gasteiger partial charge in [-0.25, -0.2) is 0 Å². The average molecular weight is 307 g/mol. The van der Waals surface area contributed by atoms with Gasteiger partial charge in [-0.3, -0.25) is 19.9 Å². The van der Waals surface area contributed by atoms with Crippen molar-refractivity contribution in [3.8, 4) is 11.1 Å². The molecule has 0 saturated carbocycles. The number of benzene rings is 2. The number of non-ortho nitro benzene ring substituents is 1. The van der Waals surface area contributed by atoms with E-state index in [4.69, 9.17) is 0 Å². The van der Waals surface area contributed by atoms with Gasteiger partial charge >= 0.3 is 0 Å². The van der Waals surface area contributed by atoms with Crippen LogP contribution in [0.5, 0.6) is 0 Å². The van der Waals surface area contributed by atoms with Crippen LogP contribution in [0.1, 0.15) is 6.92 Å². The van der Waals surface area contributed by atoms with Crippen LogP contribution in [0.2, 0.25) is 0 Å². The smallest absolute Gasteiger partial charge is 0.270 e. The van der Waals surface area contributed by atoms with E-state index in [-0.39, 0.29) is 11.6 Å². The fourth-order valence-electron chi connectivity index (χ4n) is 2.49. The monoisotopic (exact) mass is 307 g/mol. The standard InChI is InChI=1S/C17H13N3O3/c1-11(21)19-16-10-18-15-8-7-13(20(22)23)9-14(15)17(16)12-5-3-2-4-6-12/h2-10H,1H3,(H,19,21). The van der Waals surface area contributed by atoms with E-state index in [1.54, 1.807) is 12.3 Å². The fourth-order valence-corrected chi connectivity index (χ4v) is 2.49. The van der Waals surface area contributed by atoms with Crippen LogP contribution in [0.4, 0.5) is 11.4 Å². The average Bonchev–Trinajstić information content (AvgIpc) is 2.54. The van der Waals surface area contributed by atoms with Crippen molar-refractivity contribution < 1.29 is 9.72 Å². The van der Waals surface area contributed by atoms with E-state index in [1.165, 1.54) is 19.1 Å². The van der Waals surface area contributed by atoms with Crippen LogP contribution in [0.25, 0.3) is 22.0 Å². The lowest BCUT2D eigenvalue weighted by molar-refractivity contribution is -0.384. The van der Waals surface area contributed by atoms with Gasteiger partial charge in [-0.2, -0.15) is 0 Å². The number of hydrogen-bond donors (Lipinski definition) is 1. The highest BCUT2D eigenvalue weighted by atomic mass is 16.6. The largest absolute Gasteiger partial charge is 0.324 e. The summed E-state index contributed by atoms with van der Waals surface area (Å²) in [6.07, 6.45) is 1.57. The molecule has 0 atom stereocenters.